The number of methoxy groups -OCH3 is 1. The Balaban J connectivity index is 1.85. The van der Waals surface area contributed by atoms with Crippen molar-refractivity contribution < 1.29 is 28.2 Å². The van der Waals surface area contributed by atoms with E-state index in [0.29, 0.717) is 6.07 Å². The normalized spacial score (nSPS) is 23.8. The number of benzene rings is 1. The lowest BCUT2D eigenvalue weighted by Gasteiger charge is -2.45. The predicted octanol–water partition coefficient (Wildman–Crippen LogP) is 1.69. The van der Waals surface area contributed by atoms with Gasteiger partial charge in [-0.2, -0.15) is 0 Å². The van der Waals surface area contributed by atoms with Gasteiger partial charge in [-0.3, -0.25) is 14.4 Å². The zero-order valence-electron chi connectivity index (χ0n) is 18.0. The number of nitrogens with one attached hydrogen (secondary N) is 1. The van der Waals surface area contributed by atoms with E-state index in [1.165, 1.54) is 22.6 Å². The third-order valence-electron chi connectivity index (χ3n) is 6.69. The molecule has 0 saturated carbocycles. The van der Waals surface area contributed by atoms with E-state index in [-0.39, 0.29) is 47.3 Å². The second-order valence-corrected chi connectivity index (χ2v) is 8.39. The van der Waals surface area contributed by atoms with Gasteiger partial charge >= 0.3 is 0 Å². The largest absolute Gasteiger partial charge is 0.491 e. The van der Waals surface area contributed by atoms with Crippen LogP contribution in [0.1, 0.15) is 58.5 Å². The Kier molecular flexibility index (Phi) is 5.08. The van der Waals surface area contributed by atoms with Crippen LogP contribution in [0.25, 0.3) is 0 Å². The van der Waals surface area contributed by atoms with Gasteiger partial charge in [0, 0.05) is 31.6 Å². The minimum atomic E-state index is -1.18. The number of rotatable bonds is 4. The Bertz CT molecular complexity index is 1210. The number of carbonyl (C=O) groups is 2. The van der Waals surface area contributed by atoms with E-state index in [9.17, 15) is 28.3 Å². The molecule has 3 unspecified atom stereocenters. The van der Waals surface area contributed by atoms with Crippen LogP contribution in [-0.4, -0.2) is 46.6 Å². The van der Waals surface area contributed by atoms with Crippen LogP contribution in [0.3, 0.4) is 0 Å². The summed E-state index contributed by atoms with van der Waals surface area (Å²) in [5.41, 5.74) is -1.96. The van der Waals surface area contributed by atoms with Gasteiger partial charge in [-0.1, -0.05) is 6.07 Å². The summed E-state index contributed by atoms with van der Waals surface area (Å²) in [6.45, 7) is 3.35. The van der Waals surface area contributed by atoms with Gasteiger partial charge in [-0.05, 0) is 19.9 Å². The van der Waals surface area contributed by atoms with Gasteiger partial charge in [0.15, 0.2) is 11.4 Å². The lowest BCUT2D eigenvalue weighted by Crippen LogP contribution is -2.56. The van der Waals surface area contributed by atoms with E-state index in [0.717, 1.165) is 6.07 Å². The summed E-state index contributed by atoms with van der Waals surface area (Å²) in [6, 6.07) is 2.59. The van der Waals surface area contributed by atoms with Gasteiger partial charge < -0.3 is 24.6 Å². The number of amides is 2. The van der Waals surface area contributed by atoms with E-state index in [1.807, 2.05) is 13.8 Å². The summed E-state index contributed by atoms with van der Waals surface area (Å²) >= 11 is 0. The zero-order chi connectivity index (χ0) is 23.5. The second-order valence-electron chi connectivity index (χ2n) is 8.39. The van der Waals surface area contributed by atoms with E-state index in [1.54, 1.807) is 7.05 Å². The molecular formula is C22H23F2N3O5. The molecule has 0 radical (unpaired) electrons. The molecule has 3 heterocycles. The van der Waals surface area contributed by atoms with Crippen LogP contribution in [0.4, 0.5) is 8.78 Å². The summed E-state index contributed by atoms with van der Waals surface area (Å²) in [4.78, 5) is 40.8. The SMILES string of the molecule is COc1c2n3c(c(C(=O)NCc4ccc(F)cc4F)c1=O)C(O)CC3(C)C(C)N(C)C2=O. The first-order chi connectivity index (χ1) is 15.0. The van der Waals surface area contributed by atoms with Gasteiger partial charge in [0.2, 0.25) is 5.43 Å². The number of nitrogens with zero attached hydrogens (tertiary/aromatic N) is 2. The fraction of sp³-hybridized carbons (Fsp3) is 0.409. The molecule has 0 saturated heterocycles. The maximum absolute atomic E-state index is 14.0. The molecule has 2 amide bonds. The summed E-state index contributed by atoms with van der Waals surface area (Å²) in [6.07, 6.45) is -0.999. The summed E-state index contributed by atoms with van der Waals surface area (Å²) in [5.74, 6) is -3.21. The monoisotopic (exact) mass is 447 g/mol. The number of hydrogen-bond donors (Lipinski definition) is 2. The lowest BCUT2D eigenvalue weighted by atomic mass is 9.87. The predicted molar refractivity (Wildman–Crippen MR) is 110 cm³/mol. The Morgan fingerprint density at radius 2 is 2.03 bits per heavy atom. The number of ether oxygens (including phenoxy) is 1. The molecule has 0 spiro atoms. The van der Waals surface area contributed by atoms with Crippen LogP contribution in [-0.2, 0) is 12.1 Å². The van der Waals surface area contributed by atoms with Crippen molar-refractivity contribution >= 4 is 11.8 Å². The highest BCUT2D eigenvalue weighted by molar-refractivity contribution is 6.01. The fourth-order valence-corrected chi connectivity index (χ4v) is 4.74. The van der Waals surface area contributed by atoms with Crippen molar-refractivity contribution in [1.82, 2.24) is 14.8 Å². The number of pyridine rings is 1. The van der Waals surface area contributed by atoms with Crippen LogP contribution >= 0.6 is 0 Å². The molecule has 0 fully saturated rings. The minimum Gasteiger partial charge on any atom is -0.491 e. The Morgan fingerprint density at radius 1 is 1.34 bits per heavy atom. The average Bonchev–Trinajstić information content (AvgIpc) is 3.01. The van der Waals surface area contributed by atoms with Gasteiger partial charge in [-0.15, -0.1) is 0 Å². The van der Waals surface area contributed by atoms with Crippen molar-refractivity contribution in [3.63, 3.8) is 0 Å². The number of aliphatic hydroxyl groups is 1. The van der Waals surface area contributed by atoms with Crippen LogP contribution in [0.15, 0.2) is 23.0 Å². The molecule has 2 N–H and O–H groups in total. The molecule has 3 atom stereocenters. The molecular weight excluding hydrogens is 424 g/mol. The number of likely N-dealkylation sites (N-methyl/N-ethyl adjacent to an activating group) is 1. The number of aliphatic hydroxyl groups excluding tert-OH is 1. The molecule has 32 heavy (non-hydrogen) atoms. The number of hydrogen-bond acceptors (Lipinski definition) is 5. The number of carbonyl (C=O) groups excluding carboxylic acids is 2. The van der Waals surface area contributed by atoms with Crippen molar-refractivity contribution in [2.45, 2.75) is 44.5 Å². The third kappa shape index (κ3) is 2.93. The first kappa shape index (κ1) is 21.9. The van der Waals surface area contributed by atoms with Crippen molar-refractivity contribution in [2.24, 2.45) is 0 Å². The molecule has 0 aliphatic carbocycles. The molecule has 2 aliphatic rings. The lowest BCUT2D eigenvalue weighted by molar-refractivity contribution is 0.0410. The maximum Gasteiger partial charge on any atom is 0.274 e. The molecule has 4 rings (SSSR count). The first-order valence-electron chi connectivity index (χ1n) is 10.1. The number of halogens is 2. The van der Waals surface area contributed by atoms with E-state index in [2.05, 4.69) is 5.32 Å². The van der Waals surface area contributed by atoms with Gasteiger partial charge in [0.1, 0.15) is 17.2 Å². The van der Waals surface area contributed by atoms with Crippen LogP contribution in [0, 0.1) is 11.6 Å². The molecule has 8 nitrogen and oxygen atoms in total. The quantitative estimate of drug-likeness (QED) is 0.743. The highest BCUT2D eigenvalue weighted by Crippen LogP contribution is 2.48. The summed E-state index contributed by atoms with van der Waals surface area (Å²) < 4.78 is 33.9. The molecule has 1 aromatic carbocycles. The van der Waals surface area contributed by atoms with Crippen molar-refractivity contribution in [2.75, 3.05) is 14.2 Å². The topological polar surface area (TPSA) is 101 Å². The van der Waals surface area contributed by atoms with Crippen LogP contribution < -0.4 is 15.5 Å². The average molecular weight is 447 g/mol. The summed E-state index contributed by atoms with van der Waals surface area (Å²) in [7, 11) is 2.83. The first-order valence-corrected chi connectivity index (χ1v) is 10.1. The third-order valence-corrected chi connectivity index (χ3v) is 6.69. The highest BCUT2D eigenvalue weighted by Gasteiger charge is 2.54. The Morgan fingerprint density at radius 3 is 2.66 bits per heavy atom. The Hall–Kier alpha value is -3.27. The Labute approximate surface area is 182 Å². The second kappa shape index (κ2) is 7.40. The minimum absolute atomic E-state index is 0.0201. The van der Waals surface area contributed by atoms with Crippen molar-refractivity contribution in [3.8, 4) is 5.75 Å². The molecule has 0 bridgehead atoms. The highest BCUT2D eigenvalue weighted by atomic mass is 19.1. The van der Waals surface area contributed by atoms with Crippen molar-refractivity contribution in [1.29, 1.82) is 0 Å². The van der Waals surface area contributed by atoms with E-state index < -0.39 is 40.5 Å². The number of aromatic nitrogens is 1. The molecule has 2 aromatic rings. The van der Waals surface area contributed by atoms with Crippen LogP contribution in [0.2, 0.25) is 0 Å². The molecule has 10 heteroatoms. The zero-order valence-corrected chi connectivity index (χ0v) is 18.0. The van der Waals surface area contributed by atoms with Gasteiger partial charge in [-0.25, -0.2) is 8.78 Å². The van der Waals surface area contributed by atoms with Gasteiger partial charge in [0.25, 0.3) is 11.8 Å². The summed E-state index contributed by atoms with van der Waals surface area (Å²) in [5, 5.41) is 13.3. The van der Waals surface area contributed by atoms with E-state index in [4.69, 9.17) is 4.74 Å². The molecule has 1 aromatic heterocycles. The van der Waals surface area contributed by atoms with Gasteiger partial charge in [0.05, 0.1) is 30.5 Å². The maximum atomic E-state index is 14.0. The standard InChI is InChI=1S/C22H23F2N3O5/c1-10-22(2)8-14(28)16-15(20(30)25-9-11-5-6-12(23)7-13(11)24)18(29)19(32-4)17(27(16)22)21(31)26(10)3/h5-7,10,14,28H,8-9H2,1-4H3,(H,25,30). The molecule has 170 valence electrons. The fourth-order valence-electron chi connectivity index (χ4n) is 4.74. The van der Waals surface area contributed by atoms with Crippen LogP contribution in [0.5, 0.6) is 5.75 Å². The smallest absolute Gasteiger partial charge is 0.274 e. The molecule has 2 aliphatic heterocycles. The van der Waals surface area contributed by atoms with Crippen molar-refractivity contribution in [3.05, 3.63) is 62.6 Å². The van der Waals surface area contributed by atoms with E-state index >= 15 is 0 Å².